The number of halogens is 1. The molecule has 0 aliphatic carbocycles. The summed E-state index contributed by atoms with van der Waals surface area (Å²) in [4.78, 5) is 12.0. The summed E-state index contributed by atoms with van der Waals surface area (Å²) in [6.45, 7) is 0.357. The van der Waals surface area contributed by atoms with E-state index in [1.165, 1.54) is 0 Å². The monoisotopic (exact) mass is 285 g/mol. The average Bonchev–Trinajstić information content (AvgIpc) is 2.48. The van der Waals surface area contributed by atoms with Crippen LogP contribution in [0, 0.1) is 11.3 Å². The predicted octanol–water partition coefficient (Wildman–Crippen LogP) is 2.72. The van der Waals surface area contributed by atoms with E-state index in [9.17, 15) is 4.79 Å². The minimum atomic E-state index is -0.286. The van der Waals surface area contributed by atoms with Crippen molar-refractivity contribution in [3.63, 3.8) is 0 Å². The minimum Gasteiger partial charge on any atom is -0.398 e. The van der Waals surface area contributed by atoms with E-state index >= 15 is 0 Å². The molecule has 1 amide bonds. The van der Waals surface area contributed by atoms with Gasteiger partial charge in [0.25, 0.3) is 5.91 Å². The zero-order valence-corrected chi connectivity index (χ0v) is 11.3. The van der Waals surface area contributed by atoms with Crippen molar-refractivity contribution in [2.24, 2.45) is 0 Å². The Bertz CT molecular complexity index is 675. The maximum Gasteiger partial charge on any atom is 0.253 e. The number of nitrogens with two attached hydrogens (primary N) is 1. The molecular formula is C15H12ClN3O. The molecule has 0 radical (unpaired) electrons. The number of nitriles is 1. The van der Waals surface area contributed by atoms with Gasteiger partial charge in [-0.15, -0.1) is 0 Å². The van der Waals surface area contributed by atoms with Gasteiger partial charge in [-0.25, -0.2) is 0 Å². The molecule has 0 aliphatic heterocycles. The second-order valence-electron chi connectivity index (χ2n) is 4.20. The second kappa shape index (κ2) is 6.09. The minimum absolute atomic E-state index is 0.254. The summed E-state index contributed by atoms with van der Waals surface area (Å²) in [5, 5.41) is 11.7. The van der Waals surface area contributed by atoms with E-state index in [1.807, 2.05) is 6.07 Å². The Hall–Kier alpha value is -2.51. The van der Waals surface area contributed by atoms with Crippen LogP contribution < -0.4 is 11.1 Å². The lowest BCUT2D eigenvalue weighted by molar-refractivity contribution is 0.0951. The smallest absolute Gasteiger partial charge is 0.253 e. The van der Waals surface area contributed by atoms with Crippen molar-refractivity contribution in [3.05, 3.63) is 64.2 Å². The molecule has 5 heteroatoms. The topological polar surface area (TPSA) is 78.9 Å². The molecule has 2 rings (SSSR count). The number of benzene rings is 2. The molecule has 0 bridgehead atoms. The van der Waals surface area contributed by atoms with Gasteiger partial charge in [-0.2, -0.15) is 5.26 Å². The first-order chi connectivity index (χ1) is 9.61. The lowest BCUT2D eigenvalue weighted by Gasteiger charge is -2.08. The van der Waals surface area contributed by atoms with Crippen LogP contribution in [-0.2, 0) is 6.54 Å². The van der Waals surface area contributed by atoms with Crippen LogP contribution in [0.2, 0.25) is 5.02 Å². The van der Waals surface area contributed by atoms with Crippen molar-refractivity contribution >= 4 is 23.2 Å². The zero-order valence-electron chi connectivity index (χ0n) is 10.6. The number of nitrogen functional groups attached to an aromatic ring is 1. The molecule has 3 N–H and O–H groups in total. The van der Waals surface area contributed by atoms with Gasteiger partial charge in [0.1, 0.15) is 0 Å². The quantitative estimate of drug-likeness (QED) is 0.851. The summed E-state index contributed by atoms with van der Waals surface area (Å²) in [7, 11) is 0. The summed E-state index contributed by atoms with van der Waals surface area (Å²) in [6, 6.07) is 14.0. The lowest BCUT2D eigenvalue weighted by Crippen LogP contribution is -2.23. The van der Waals surface area contributed by atoms with E-state index in [2.05, 4.69) is 5.32 Å². The Morgan fingerprint density at radius 2 is 1.95 bits per heavy atom. The van der Waals surface area contributed by atoms with E-state index in [4.69, 9.17) is 22.6 Å². The van der Waals surface area contributed by atoms with Gasteiger partial charge in [0, 0.05) is 6.54 Å². The van der Waals surface area contributed by atoms with Crippen LogP contribution in [0.1, 0.15) is 21.5 Å². The van der Waals surface area contributed by atoms with Gasteiger partial charge in [-0.05, 0) is 29.8 Å². The van der Waals surface area contributed by atoms with Crippen LogP contribution in [0.3, 0.4) is 0 Å². The van der Waals surface area contributed by atoms with E-state index in [0.29, 0.717) is 23.4 Å². The third kappa shape index (κ3) is 3.08. The van der Waals surface area contributed by atoms with E-state index in [-0.39, 0.29) is 10.9 Å². The number of carbonyl (C=O) groups excluding carboxylic acids is 1. The molecule has 2 aromatic rings. The predicted molar refractivity (Wildman–Crippen MR) is 78.2 cm³/mol. The maximum atomic E-state index is 12.0. The van der Waals surface area contributed by atoms with Crippen LogP contribution in [0.25, 0.3) is 0 Å². The molecule has 0 saturated carbocycles. The third-order valence-electron chi connectivity index (χ3n) is 2.81. The molecule has 0 aliphatic rings. The highest BCUT2D eigenvalue weighted by atomic mass is 35.5. The first kappa shape index (κ1) is 13.9. The van der Waals surface area contributed by atoms with Crippen molar-refractivity contribution in [3.8, 4) is 6.07 Å². The number of anilines is 1. The van der Waals surface area contributed by atoms with Crippen molar-refractivity contribution in [2.45, 2.75) is 6.54 Å². The van der Waals surface area contributed by atoms with E-state index < -0.39 is 0 Å². The van der Waals surface area contributed by atoms with Gasteiger partial charge in [-0.1, -0.05) is 29.8 Å². The Morgan fingerprint density at radius 3 is 2.60 bits per heavy atom. The highest BCUT2D eigenvalue weighted by molar-refractivity contribution is 6.36. The molecule has 0 atom stereocenters. The summed E-state index contributed by atoms with van der Waals surface area (Å²) in [6.07, 6.45) is 0. The fraction of sp³-hybridized carbons (Fsp3) is 0.0667. The van der Waals surface area contributed by atoms with Gasteiger partial charge in [0.15, 0.2) is 0 Å². The largest absolute Gasteiger partial charge is 0.398 e. The number of carbonyl (C=O) groups is 1. The first-order valence-corrected chi connectivity index (χ1v) is 6.31. The normalized spacial score (nSPS) is 9.80. The van der Waals surface area contributed by atoms with Gasteiger partial charge < -0.3 is 11.1 Å². The standard InChI is InChI=1S/C15H12ClN3O/c16-14-12(2-1-3-13(14)18)15(20)19-9-11-6-4-10(8-17)5-7-11/h1-7H,9,18H2,(H,19,20). The van der Waals surface area contributed by atoms with Crippen LogP contribution in [0.5, 0.6) is 0 Å². The van der Waals surface area contributed by atoms with Crippen LogP contribution >= 0.6 is 11.6 Å². The fourth-order valence-electron chi connectivity index (χ4n) is 1.70. The molecule has 0 saturated heterocycles. The van der Waals surface area contributed by atoms with Crippen LogP contribution in [-0.4, -0.2) is 5.91 Å². The number of amides is 1. The molecule has 20 heavy (non-hydrogen) atoms. The SMILES string of the molecule is N#Cc1ccc(CNC(=O)c2cccc(N)c2Cl)cc1. The van der Waals surface area contributed by atoms with Gasteiger partial charge in [0.2, 0.25) is 0 Å². The van der Waals surface area contributed by atoms with Crippen LogP contribution in [0.4, 0.5) is 5.69 Å². The Balaban J connectivity index is 2.05. The average molecular weight is 286 g/mol. The van der Waals surface area contributed by atoms with Gasteiger partial charge in [0.05, 0.1) is 27.9 Å². The number of nitrogens with one attached hydrogen (secondary N) is 1. The molecular weight excluding hydrogens is 274 g/mol. The molecule has 0 unspecified atom stereocenters. The van der Waals surface area contributed by atoms with E-state index in [1.54, 1.807) is 42.5 Å². The number of nitrogens with zero attached hydrogens (tertiary/aromatic N) is 1. The maximum absolute atomic E-state index is 12.0. The summed E-state index contributed by atoms with van der Waals surface area (Å²) in [5.74, 6) is -0.286. The Labute approximate surface area is 121 Å². The van der Waals surface area contributed by atoms with Crippen molar-refractivity contribution in [2.75, 3.05) is 5.73 Å². The highest BCUT2D eigenvalue weighted by Gasteiger charge is 2.11. The molecule has 2 aromatic carbocycles. The summed E-state index contributed by atoms with van der Waals surface area (Å²) in [5.41, 5.74) is 7.86. The van der Waals surface area contributed by atoms with E-state index in [0.717, 1.165) is 5.56 Å². The molecule has 0 spiro atoms. The van der Waals surface area contributed by atoms with Crippen molar-refractivity contribution in [1.82, 2.24) is 5.32 Å². The Kier molecular flexibility index (Phi) is 4.24. The number of hydrogen-bond acceptors (Lipinski definition) is 3. The van der Waals surface area contributed by atoms with Crippen molar-refractivity contribution in [1.29, 1.82) is 5.26 Å². The Morgan fingerprint density at radius 1 is 1.25 bits per heavy atom. The molecule has 4 nitrogen and oxygen atoms in total. The zero-order chi connectivity index (χ0) is 14.5. The fourth-order valence-corrected chi connectivity index (χ4v) is 1.91. The highest BCUT2D eigenvalue weighted by Crippen LogP contribution is 2.22. The molecule has 0 heterocycles. The van der Waals surface area contributed by atoms with Crippen molar-refractivity contribution < 1.29 is 4.79 Å². The van der Waals surface area contributed by atoms with Gasteiger partial charge >= 0.3 is 0 Å². The summed E-state index contributed by atoms with van der Waals surface area (Å²) < 4.78 is 0. The second-order valence-corrected chi connectivity index (χ2v) is 4.58. The molecule has 0 aromatic heterocycles. The molecule has 0 fully saturated rings. The number of rotatable bonds is 3. The summed E-state index contributed by atoms with van der Waals surface area (Å²) >= 11 is 5.99. The number of hydrogen-bond donors (Lipinski definition) is 2. The third-order valence-corrected chi connectivity index (χ3v) is 3.23. The first-order valence-electron chi connectivity index (χ1n) is 5.93. The van der Waals surface area contributed by atoms with Gasteiger partial charge in [-0.3, -0.25) is 4.79 Å². The molecule has 100 valence electrons. The lowest BCUT2D eigenvalue weighted by atomic mass is 10.1. The van der Waals surface area contributed by atoms with Crippen LogP contribution in [0.15, 0.2) is 42.5 Å².